The van der Waals surface area contributed by atoms with Crippen LogP contribution in [0.15, 0.2) is 0 Å². The summed E-state index contributed by atoms with van der Waals surface area (Å²) in [6.07, 6.45) is 14.7. The van der Waals surface area contributed by atoms with E-state index in [2.05, 4.69) is 12.8 Å². The minimum Gasteiger partial charge on any atom is -0.381 e. The maximum absolute atomic E-state index is 6.72. The van der Waals surface area contributed by atoms with Crippen LogP contribution in [0.5, 0.6) is 0 Å². The summed E-state index contributed by atoms with van der Waals surface area (Å²) in [7, 11) is 0. The first-order chi connectivity index (χ1) is 6.41. The van der Waals surface area contributed by atoms with Gasteiger partial charge in [0.25, 0.3) is 0 Å². The molecule has 0 aromatic carbocycles. The lowest BCUT2D eigenvalue weighted by atomic mass is 10.1. The molecule has 0 atom stereocenters. The van der Waals surface area contributed by atoms with Crippen LogP contribution in [0.2, 0.25) is 0 Å². The third kappa shape index (κ3) is 11.5. The lowest BCUT2D eigenvalue weighted by molar-refractivity contribution is 0.127. The zero-order chi connectivity index (χ0) is 9.78. The molecule has 1 radical (unpaired) electrons. The second-order valence-corrected chi connectivity index (χ2v) is 3.31. The minimum absolute atomic E-state index is 0.816. The van der Waals surface area contributed by atoms with Crippen molar-refractivity contribution in [1.82, 2.24) is 0 Å². The van der Waals surface area contributed by atoms with Crippen molar-refractivity contribution in [2.24, 2.45) is 0 Å². The molecule has 0 aliphatic rings. The molecule has 0 fully saturated rings. The van der Waals surface area contributed by atoms with Crippen LogP contribution in [-0.4, -0.2) is 13.2 Å². The molecule has 0 aromatic heterocycles. The molecule has 0 saturated heterocycles. The highest BCUT2D eigenvalue weighted by Crippen LogP contribution is 2.02. The zero-order valence-corrected chi connectivity index (χ0v) is 8.77. The predicted molar refractivity (Wildman–Crippen MR) is 55.9 cm³/mol. The first-order valence-corrected chi connectivity index (χ1v) is 5.39. The van der Waals surface area contributed by atoms with Crippen LogP contribution < -0.4 is 0 Å². The summed E-state index contributed by atoms with van der Waals surface area (Å²) >= 11 is 0. The standard InChI is InChI=1S/C12H21O/c1-3-5-7-8-9-10-12-13-11-6-4-2/h4-12H2,2H3. The Bertz CT molecular complexity index is 124. The van der Waals surface area contributed by atoms with Gasteiger partial charge in [0, 0.05) is 19.6 Å². The molecule has 0 heterocycles. The SMILES string of the molecule is [C]#CCCCCCCOCCCC. The molecular formula is C12H21O. The van der Waals surface area contributed by atoms with Gasteiger partial charge >= 0.3 is 0 Å². The highest BCUT2D eigenvalue weighted by molar-refractivity contribution is 4.74. The Morgan fingerprint density at radius 1 is 1.00 bits per heavy atom. The van der Waals surface area contributed by atoms with E-state index in [0.29, 0.717) is 0 Å². The molecule has 0 bridgehead atoms. The summed E-state index contributed by atoms with van der Waals surface area (Å²) in [6, 6.07) is 0. The van der Waals surface area contributed by atoms with Crippen LogP contribution >= 0.6 is 0 Å². The van der Waals surface area contributed by atoms with E-state index in [-0.39, 0.29) is 0 Å². The van der Waals surface area contributed by atoms with Crippen molar-refractivity contribution in [3.8, 4) is 5.92 Å². The van der Waals surface area contributed by atoms with Crippen LogP contribution in [0.1, 0.15) is 51.9 Å². The van der Waals surface area contributed by atoms with Crippen LogP contribution in [-0.2, 0) is 4.74 Å². The summed E-state index contributed by atoms with van der Waals surface area (Å²) in [6.45, 7) is 4.01. The summed E-state index contributed by atoms with van der Waals surface area (Å²) in [5, 5.41) is 0. The zero-order valence-electron chi connectivity index (χ0n) is 8.77. The minimum atomic E-state index is 0.816. The van der Waals surface area contributed by atoms with Crippen molar-refractivity contribution in [3.05, 3.63) is 6.42 Å². The predicted octanol–water partition coefficient (Wildman–Crippen LogP) is 3.34. The Morgan fingerprint density at radius 3 is 2.38 bits per heavy atom. The fourth-order valence-electron chi connectivity index (χ4n) is 1.12. The first-order valence-electron chi connectivity index (χ1n) is 5.39. The number of unbranched alkanes of at least 4 members (excludes halogenated alkanes) is 5. The summed E-state index contributed by atoms with van der Waals surface area (Å²) < 4.78 is 5.43. The molecule has 0 aliphatic heterocycles. The van der Waals surface area contributed by atoms with E-state index < -0.39 is 0 Å². The van der Waals surface area contributed by atoms with Crippen LogP contribution in [0.25, 0.3) is 0 Å². The highest BCUT2D eigenvalue weighted by atomic mass is 16.5. The smallest absolute Gasteiger partial charge is 0.0466 e. The van der Waals surface area contributed by atoms with E-state index in [1.165, 1.54) is 32.1 Å². The lowest BCUT2D eigenvalue weighted by Crippen LogP contribution is -1.96. The van der Waals surface area contributed by atoms with Gasteiger partial charge < -0.3 is 4.74 Å². The maximum atomic E-state index is 6.72. The van der Waals surface area contributed by atoms with Crippen LogP contribution in [0.4, 0.5) is 0 Å². The molecule has 0 N–H and O–H groups in total. The number of ether oxygens (including phenoxy) is 1. The van der Waals surface area contributed by atoms with Crippen molar-refractivity contribution >= 4 is 0 Å². The quantitative estimate of drug-likeness (QED) is 0.391. The Kier molecular flexibility index (Phi) is 11.1. The van der Waals surface area contributed by atoms with Crippen molar-refractivity contribution in [2.75, 3.05) is 13.2 Å². The molecule has 0 amide bonds. The largest absolute Gasteiger partial charge is 0.381 e. The fourth-order valence-corrected chi connectivity index (χ4v) is 1.12. The van der Waals surface area contributed by atoms with Gasteiger partial charge in [-0.25, -0.2) is 0 Å². The number of hydrogen-bond acceptors (Lipinski definition) is 1. The normalized spacial score (nSPS) is 9.85. The number of hydrogen-bond donors (Lipinski definition) is 0. The average molecular weight is 181 g/mol. The lowest BCUT2D eigenvalue weighted by Gasteiger charge is -2.02. The number of rotatable bonds is 9. The highest BCUT2D eigenvalue weighted by Gasteiger charge is 1.90. The Labute approximate surface area is 82.9 Å². The maximum Gasteiger partial charge on any atom is 0.0466 e. The molecule has 0 saturated carbocycles. The Morgan fingerprint density at radius 2 is 1.69 bits per heavy atom. The van der Waals surface area contributed by atoms with Gasteiger partial charge in [-0.2, -0.15) is 0 Å². The van der Waals surface area contributed by atoms with Crippen LogP contribution in [0, 0.1) is 12.3 Å². The summed E-state index contributed by atoms with van der Waals surface area (Å²) in [5.74, 6) is 2.41. The van der Waals surface area contributed by atoms with Gasteiger partial charge in [0.15, 0.2) is 0 Å². The van der Waals surface area contributed by atoms with Gasteiger partial charge in [0.1, 0.15) is 0 Å². The van der Waals surface area contributed by atoms with Gasteiger partial charge in [-0.3, -0.25) is 0 Å². The van der Waals surface area contributed by atoms with E-state index >= 15 is 0 Å². The van der Waals surface area contributed by atoms with E-state index in [0.717, 1.165) is 26.1 Å². The Balaban J connectivity index is 2.80. The molecule has 0 aliphatic carbocycles. The molecule has 0 rings (SSSR count). The third-order valence-corrected chi connectivity index (χ3v) is 1.98. The molecule has 1 heteroatoms. The second kappa shape index (κ2) is 11.5. The monoisotopic (exact) mass is 181 g/mol. The fraction of sp³-hybridized carbons (Fsp3) is 0.833. The third-order valence-electron chi connectivity index (χ3n) is 1.98. The van der Waals surface area contributed by atoms with Gasteiger partial charge in [-0.1, -0.05) is 32.1 Å². The van der Waals surface area contributed by atoms with Gasteiger partial charge in [0.05, 0.1) is 0 Å². The topological polar surface area (TPSA) is 9.23 Å². The van der Waals surface area contributed by atoms with E-state index in [4.69, 9.17) is 11.2 Å². The van der Waals surface area contributed by atoms with Gasteiger partial charge in [0.2, 0.25) is 0 Å². The summed E-state index contributed by atoms with van der Waals surface area (Å²) in [4.78, 5) is 0. The van der Waals surface area contributed by atoms with E-state index in [1.807, 2.05) is 0 Å². The first kappa shape index (κ1) is 12.5. The van der Waals surface area contributed by atoms with E-state index in [1.54, 1.807) is 0 Å². The molecular weight excluding hydrogens is 160 g/mol. The van der Waals surface area contributed by atoms with Crippen molar-refractivity contribution in [3.63, 3.8) is 0 Å². The summed E-state index contributed by atoms with van der Waals surface area (Å²) in [5.41, 5.74) is 0. The van der Waals surface area contributed by atoms with Gasteiger partial charge in [-0.15, -0.1) is 0 Å². The molecule has 1 nitrogen and oxygen atoms in total. The van der Waals surface area contributed by atoms with Gasteiger partial charge in [-0.05, 0) is 25.7 Å². The van der Waals surface area contributed by atoms with Crippen molar-refractivity contribution < 1.29 is 4.74 Å². The van der Waals surface area contributed by atoms with Crippen molar-refractivity contribution in [1.29, 1.82) is 0 Å². The molecule has 0 spiro atoms. The average Bonchev–Trinajstić information content (AvgIpc) is 2.16. The molecule has 75 valence electrons. The molecule has 0 unspecified atom stereocenters. The van der Waals surface area contributed by atoms with Crippen LogP contribution in [0.3, 0.4) is 0 Å². The Hall–Kier alpha value is -0.480. The molecule has 13 heavy (non-hydrogen) atoms. The molecule has 0 aromatic rings. The van der Waals surface area contributed by atoms with Crippen molar-refractivity contribution in [2.45, 2.75) is 51.9 Å². The van der Waals surface area contributed by atoms with E-state index in [9.17, 15) is 0 Å². The second-order valence-electron chi connectivity index (χ2n) is 3.31.